The van der Waals surface area contributed by atoms with Gasteiger partial charge in [-0.25, -0.2) is 15.0 Å². The van der Waals surface area contributed by atoms with Gasteiger partial charge in [0.05, 0.1) is 27.8 Å². The van der Waals surface area contributed by atoms with Gasteiger partial charge in [-0.15, -0.1) is 0 Å². The van der Waals surface area contributed by atoms with Crippen LogP contribution in [0.2, 0.25) is 0 Å². The highest BCUT2D eigenvalue weighted by molar-refractivity contribution is 6.25. The molecule has 0 saturated carbocycles. The summed E-state index contributed by atoms with van der Waals surface area (Å²) in [5.74, 6) is 1.77. The molecular weight excluding hydrogens is 771 g/mol. The molecule has 0 radical (unpaired) electrons. The van der Waals surface area contributed by atoms with Crippen LogP contribution in [0.4, 0.5) is 0 Å². The second kappa shape index (κ2) is 14.0. The zero-order valence-corrected chi connectivity index (χ0v) is 33.9. The normalized spacial score (nSPS) is 11.8. The summed E-state index contributed by atoms with van der Waals surface area (Å²) in [5.41, 5.74) is 13.0. The van der Waals surface area contributed by atoms with Gasteiger partial charge >= 0.3 is 0 Å². The van der Waals surface area contributed by atoms with Crippen LogP contribution in [0.25, 0.3) is 122 Å². The lowest BCUT2D eigenvalue weighted by atomic mass is 10.0. The smallest absolute Gasteiger partial charge is 0.164 e. The largest absolute Gasteiger partial charge is 0.454 e. The Morgan fingerprint density at radius 3 is 1.48 bits per heavy atom. The Hall–Kier alpha value is -8.61. The number of furan rings is 1. The Balaban J connectivity index is 1.10. The first kappa shape index (κ1) is 35.2. The summed E-state index contributed by atoms with van der Waals surface area (Å²) in [6.45, 7) is 0. The Bertz CT molecular complexity index is 3890. The van der Waals surface area contributed by atoms with Gasteiger partial charge in [-0.05, 0) is 53.6 Å². The third kappa shape index (κ3) is 5.48. The van der Waals surface area contributed by atoms with Crippen LogP contribution in [0.3, 0.4) is 0 Å². The van der Waals surface area contributed by atoms with E-state index < -0.39 is 0 Å². The predicted octanol–water partition coefficient (Wildman–Crippen LogP) is 14.6. The Labute approximate surface area is 361 Å². The monoisotopic (exact) mass is 805 g/mol. The average molecular weight is 806 g/mol. The molecule has 294 valence electrons. The van der Waals surface area contributed by atoms with Crippen LogP contribution >= 0.6 is 0 Å². The predicted molar refractivity (Wildman–Crippen MR) is 258 cm³/mol. The lowest BCUT2D eigenvalue weighted by molar-refractivity contribution is 0.666. The number of aromatic nitrogens is 5. The lowest BCUT2D eigenvalue weighted by Crippen LogP contribution is -2.02. The second-order valence-electron chi connectivity index (χ2n) is 15.9. The molecule has 0 aliphatic carbocycles. The maximum Gasteiger partial charge on any atom is 0.164 e. The summed E-state index contributed by atoms with van der Waals surface area (Å²) in [7, 11) is 0. The minimum absolute atomic E-state index is 0.572. The summed E-state index contributed by atoms with van der Waals surface area (Å²) in [5, 5.41) is 6.66. The van der Waals surface area contributed by atoms with E-state index in [4.69, 9.17) is 19.4 Å². The van der Waals surface area contributed by atoms with Crippen molar-refractivity contribution >= 4 is 65.6 Å². The van der Waals surface area contributed by atoms with Gasteiger partial charge < -0.3 is 13.6 Å². The van der Waals surface area contributed by atoms with Gasteiger partial charge in [-0.3, -0.25) is 0 Å². The van der Waals surface area contributed by atoms with Crippen molar-refractivity contribution in [3.63, 3.8) is 0 Å². The molecule has 0 bridgehead atoms. The van der Waals surface area contributed by atoms with E-state index in [1.54, 1.807) is 0 Å². The molecule has 4 aromatic heterocycles. The van der Waals surface area contributed by atoms with Crippen molar-refractivity contribution < 1.29 is 4.42 Å². The molecule has 6 heteroatoms. The van der Waals surface area contributed by atoms with Crippen LogP contribution in [0.15, 0.2) is 217 Å². The molecule has 6 nitrogen and oxygen atoms in total. The van der Waals surface area contributed by atoms with Crippen LogP contribution in [-0.2, 0) is 0 Å². The SMILES string of the molecule is c1ccc(-c2ccc(-c3nc(-c4ccccc4)nc(-c4ccc(-n5c6ccccc6c6ccc7c8ccccc8n(-c8ccccc8)c7c65)c5oc6ccccc6c45)n3)cc2)cc1. The second-order valence-corrected chi connectivity index (χ2v) is 15.9. The van der Waals surface area contributed by atoms with Crippen molar-refractivity contribution in [1.82, 2.24) is 24.1 Å². The molecule has 0 spiro atoms. The van der Waals surface area contributed by atoms with Crippen molar-refractivity contribution in [3.8, 4) is 56.7 Å². The molecule has 0 aliphatic rings. The van der Waals surface area contributed by atoms with E-state index in [9.17, 15) is 0 Å². The minimum atomic E-state index is 0.572. The zero-order chi connectivity index (χ0) is 41.4. The number of hydrogen-bond acceptors (Lipinski definition) is 4. The molecular formula is C57H35N5O. The van der Waals surface area contributed by atoms with Gasteiger partial charge in [0.25, 0.3) is 0 Å². The van der Waals surface area contributed by atoms with Crippen LogP contribution in [0, 0.1) is 0 Å². The van der Waals surface area contributed by atoms with Gasteiger partial charge in [0.1, 0.15) is 5.58 Å². The van der Waals surface area contributed by atoms with E-state index in [0.29, 0.717) is 17.5 Å². The van der Waals surface area contributed by atoms with Crippen LogP contribution < -0.4 is 0 Å². The average Bonchev–Trinajstić information content (AvgIpc) is 4.03. The molecule has 13 rings (SSSR count). The molecule has 0 saturated heterocycles. The highest BCUT2D eigenvalue weighted by Crippen LogP contribution is 2.45. The van der Waals surface area contributed by atoms with Crippen LogP contribution in [-0.4, -0.2) is 24.1 Å². The van der Waals surface area contributed by atoms with E-state index in [1.165, 1.54) is 21.5 Å². The van der Waals surface area contributed by atoms with Crippen molar-refractivity contribution in [1.29, 1.82) is 0 Å². The number of para-hydroxylation sites is 4. The van der Waals surface area contributed by atoms with Crippen LogP contribution in [0.1, 0.15) is 0 Å². The van der Waals surface area contributed by atoms with E-state index in [1.807, 2.05) is 48.5 Å². The summed E-state index contributed by atoms with van der Waals surface area (Å²) >= 11 is 0. The highest BCUT2D eigenvalue weighted by atomic mass is 16.3. The minimum Gasteiger partial charge on any atom is -0.454 e. The topological polar surface area (TPSA) is 61.7 Å². The maximum atomic E-state index is 7.04. The fourth-order valence-corrected chi connectivity index (χ4v) is 9.56. The van der Waals surface area contributed by atoms with Crippen molar-refractivity contribution in [3.05, 3.63) is 212 Å². The fourth-order valence-electron chi connectivity index (χ4n) is 9.56. The summed E-state index contributed by atoms with van der Waals surface area (Å²) < 4.78 is 11.9. The molecule has 4 heterocycles. The number of fused-ring (bicyclic) bond motifs is 10. The summed E-state index contributed by atoms with van der Waals surface area (Å²) in [6.07, 6.45) is 0. The Morgan fingerprint density at radius 1 is 0.333 bits per heavy atom. The van der Waals surface area contributed by atoms with Gasteiger partial charge in [-0.1, -0.05) is 170 Å². The highest BCUT2D eigenvalue weighted by Gasteiger charge is 2.25. The molecule has 0 unspecified atom stereocenters. The standard InChI is InChI=1S/C57H35N5O/c1-4-16-36(17-5-1)37-28-30-39(31-29-37)56-58-55(38-18-6-2-7-19-38)59-57(60-56)46-34-35-49(54-51(46)45-24-12-15-27-50(45)63-54)62-48-26-14-11-23-42(48)44-33-32-43-41-22-10-13-25-47(41)61(52(43)53(44)62)40-20-8-3-9-21-40/h1-35H. The maximum absolute atomic E-state index is 7.04. The summed E-state index contributed by atoms with van der Waals surface area (Å²) in [4.78, 5) is 15.6. The summed E-state index contributed by atoms with van der Waals surface area (Å²) in [6, 6.07) is 74.3. The molecule has 0 amide bonds. The molecule has 0 N–H and O–H groups in total. The molecule has 63 heavy (non-hydrogen) atoms. The van der Waals surface area contributed by atoms with Gasteiger partial charge in [0, 0.05) is 54.7 Å². The first-order chi connectivity index (χ1) is 31.3. The van der Waals surface area contributed by atoms with Gasteiger partial charge in [-0.2, -0.15) is 0 Å². The quantitative estimate of drug-likeness (QED) is 0.168. The van der Waals surface area contributed by atoms with Gasteiger partial charge in [0.15, 0.2) is 23.1 Å². The number of rotatable bonds is 6. The molecule has 0 atom stereocenters. The first-order valence-corrected chi connectivity index (χ1v) is 21.2. The van der Waals surface area contributed by atoms with Crippen molar-refractivity contribution in [2.75, 3.05) is 0 Å². The number of benzene rings is 9. The zero-order valence-electron chi connectivity index (χ0n) is 33.9. The molecule has 0 fully saturated rings. The van der Waals surface area contributed by atoms with Crippen molar-refractivity contribution in [2.45, 2.75) is 0 Å². The Kier molecular flexibility index (Phi) is 7.80. The van der Waals surface area contributed by atoms with E-state index in [2.05, 4.69) is 173 Å². The number of hydrogen-bond donors (Lipinski definition) is 0. The number of nitrogens with zero attached hydrogens (tertiary/aromatic N) is 5. The molecule has 13 aromatic rings. The first-order valence-electron chi connectivity index (χ1n) is 21.2. The molecule has 0 aliphatic heterocycles. The van der Waals surface area contributed by atoms with Gasteiger partial charge in [0.2, 0.25) is 0 Å². The van der Waals surface area contributed by atoms with Crippen LogP contribution in [0.5, 0.6) is 0 Å². The van der Waals surface area contributed by atoms with E-state index in [-0.39, 0.29) is 0 Å². The lowest BCUT2D eigenvalue weighted by Gasteiger charge is -2.14. The van der Waals surface area contributed by atoms with Crippen molar-refractivity contribution in [2.24, 2.45) is 0 Å². The fraction of sp³-hybridized carbons (Fsp3) is 0. The Morgan fingerprint density at radius 2 is 0.810 bits per heavy atom. The van der Waals surface area contributed by atoms with E-state index >= 15 is 0 Å². The molecule has 9 aromatic carbocycles. The third-order valence-electron chi connectivity index (χ3n) is 12.4. The third-order valence-corrected chi connectivity index (χ3v) is 12.4. The van der Waals surface area contributed by atoms with E-state index in [0.717, 1.165) is 83.2 Å².